The van der Waals surface area contributed by atoms with Crippen molar-refractivity contribution in [3.63, 3.8) is 0 Å². The van der Waals surface area contributed by atoms with E-state index in [4.69, 9.17) is 15.3 Å². The number of nitrogens with zero attached hydrogens (tertiary/aromatic N) is 2. The molecular weight excluding hydrogens is 276 g/mol. The molecule has 0 saturated carbocycles. The molecule has 0 heterocycles. The van der Waals surface area contributed by atoms with Gasteiger partial charge in [-0.05, 0) is 31.2 Å². The normalized spacial score (nSPS) is 11.8. The van der Waals surface area contributed by atoms with Gasteiger partial charge in [-0.25, -0.2) is 9.59 Å². The molecule has 0 saturated heterocycles. The lowest BCUT2D eigenvalue weighted by Gasteiger charge is -2.31. The predicted molar refractivity (Wildman–Crippen MR) is 77.5 cm³/mol. The monoisotopic (exact) mass is 296 g/mol. The summed E-state index contributed by atoms with van der Waals surface area (Å²) in [5.74, 6) is -1.05. The van der Waals surface area contributed by atoms with Crippen LogP contribution < -0.4 is 4.90 Å². The molecule has 7 heteroatoms. The van der Waals surface area contributed by atoms with Crippen molar-refractivity contribution < 1.29 is 24.9 Å². The number of anilines is 1. The molecule has 1 aromatic rings. The van der Waals surface area contributed by atoms with Gasteiger partial charge in [0.2, 0.25) is 0 Å². The number of hydrogen-bond donors (Lipinski definition) is 3. The molecule has 7 nitrogen and oxygen atoms in total. The van der Waals surface area contributed by atoms with E-state index in [1.807, 2.05) is 0 Å². The van der Waals surface area contributed by atoms with Gasteiger partial charge < -0.3 is 20.2 Å². The van der Waals surface area contributed by atoms with E-state index in [1.54, 1.807) is 14.0 Å². The van der Waals surface area contributed by atoms with E-state index in [0.29, 0.717) is 5.69 Å². The topological polar surface area (TPSA) is 101 Å². The Morgan fingerprint density at radius 3 is 2.19 bits per heavy atom. The molecule has 1 unspecified atom stereocenters. The van der Waals surface area contributed by atoms with Crippen molar-refractivity contribution >= 4 is 17.7 Å². The molecule has 0 fully saturated rings. The highest BCUT2D eigenvalue weighted by molar-refractivity contribution is 5.93. The SMILES string of the molecule is CC(CO)N(C)C(=O)N(CCO)c1ccc(C(=O)O)cc1. The van der Waals surface area contributed by atoms with Gasteiger partial charge in [0.15, 0.2) is 0 Å². The third kappa shape index (κ3) is 4.17. The fourth-order valence-electron chi connectivity index (χ4n) is 1.72. The van der Waals surface area contributed by atoms with E-state index in [0.717, 1.165) is 0 Å². The van der Waals surface area contributed by atoms with Crippen LogP contribution in [0.15, 0.2) is 24.3 Å². The van der Waals surface area contributed by atoms with Crippen LogP contribution in [0.1, 0.15) is 17.3 Å². The Morgan fingerprint density at radius 1 is 1.19 bits per heavy atom. The number of hydrogen-bond acceptors (Lipinski definition) is 4. The first-order chi connectivity index (χ1) is 9.92. The van der Waals surface area contributed by atoms with E-state index < -0.39 is 5.97 Å². The Morgan fingerprint density at radius 2 is 1.76 bits per heavy atom. The molecule has 1 rings (SSSR count). The molecule has 0 aliphatic heterocycles. The molecule has 21 heavy (non-hydrogen) atoms. The second-order valence-corrected chi connectivity index (χ2v) is 4.65. The largest absolute Gasteiger partial charge is 0.478 e. The Kier molecular flexibility index (Phi) is 6.13. The summed E-state index contributed by atoms with van der Waals surface area (Å²) in [6.45, 7) is 1.37. The van der Waals surface area contributed by atoms with E-state index >= 15 is 0 Å². The maximum atomic E-state index is 12.4. The van der Waals surface area contributed by atoms with Gasteiger partial charge in [0.1, 0.15) is 0 Å². The van der Waals surface area contributed by atoms with Crippen LogP contribution in [-0.2, 0) is 0 Å². The average molecular weight is 296 g/mol. The molecule has 0 aromatic heterocycles. The number of carbonyl (C=O) groups excluding carboxylic acids is 1. The van der Waals surface area contributed by atoms with Crippen LogP contribution in [0.25, 0.3) is 0 Å². The number of benzene rings is 1. The van der Waals surface area contributed by atoms with Crippen LogP contribution in [0.2, 0.25) is 0 Å². The van der Waals surface area contributed by atoms with Crippen molar-refractivity contribution in [2.24, 2.45) is 0 Å². The zero-order valence-corrected chi connectivity index (χ0v) is 12.1. The number of aliphatic hydroxyl groups excluding tert-OH is 2. The number of carboxylic acids is 1. The van der Waals surface area contributed by atoms with Crippen LogP contribution in [-0.4, -0.2) is 65.1 Å². The second-order valence-electron chi connectivity index (χ2n) is 4.65. The van der Waals surface area contributed by atoms with Gasteiger partial charge in [-0.3, -0.25) is 4.90 Å². The summed E-state index contributed by atoms with van der Waals surface area (Å²) in [5, 5.41) is 27.1. The first-order valence-corrected chi connectivity index (χ1v) is 6.51. The van der Waals surface area contributed by atoms with E-state index in [9.17, 15) is 9.59 Å². The molecular formula is C14H20N2O5. The highest BCUT2D eigenvalue weighted by Crippen LogP contribution is 2.17. The molecule has 2 amide bonds. The lowest BCUT2D eigenvalue weighted by atomic mass is 10.2. The van der Waals surface area contributed by atoms with Crippen LogP contribution in [0, 0.1) is 0 Å². The van der Waals surface area contributed by atoms with Crippen molar-refractivity contribution in [1.82, 2.24) is 4.90 Å². The fourth-order valence-corrected chi connectivity index (χ4v) is 1.72. The maximum absolute atomic E-state index is 12.4. The first kappa shape index (κ1) is 16.9. The highest BCUT2D eigenvalue weighted by Gasteiger charge is 2.22. The second kappa shape index (κ2) is 7.61. The summed E-state index contributed by atoms with van der Waals surface area (Å²) < 4.78 is 0. The Labute approximate surface area is 123 Å². The Balaban J connectivity index is 3.00. The summed E-state index contributed by atoms with van der Waals surface area (Å²) in [7, 11) is 1.55. The number of aliphatic hydroxyl groups is 2. The molecule has 0 spiro atoms. The van der Waals surface area contributed by atoms with Crippen LogP contribution in [0.4, 0.5) is 10.5 Å². The number of urea groups is 1. The molecule has 116 valence electrons. The molecule has 3 N–H and O–H groups in total. The summed E-state index contributed by atoms with van der Waals surface area (Å²) >= 11 is 0. The third-order valence-corrected chi connectivity index (χ3v) is 3.21. The quantitative estimate of drug-likeness (QED) is 0.714. The number of carboxylic acid groups (broad SMARTS) is 1. The molecule has 0 aliphatic carbocycles. The minimum atomic E-state index is -1.05. The summed E-state index contributed by atoms with van der Waals surface area (Å²) in [4.78, 5) is 25.9. The average Bonchev–Trinajstić information content (AvgIpc) is 2.50. The van der Waals surface area contributed by atoms with Crippen molar-refractivity contribution in [3.8, 4) is 0 Å². The maximum Gasteiger partial charge on any atom is 0.335 e. The van der Waals surface area contributed by atoms with Crippen molar-refractivity contribution in [2.75, 3.05) is 31.7 Å². The standard InChI is InChI=1S/C14H20N2O5/c1-10(9-18)15(2)14(21)16(7-8-17)12-5-3-11(4-6-12)13(19)20/h3-6,10,17-18H,7-9H2,1-2H3,(H,19,20). The van der Waals surface area contributed by atoms with Gasteiger partial charge in [0, 0.05) is 12.7 Å². The number of likely N-dealkylation sites (N-methyl/N-ethyl adjacent to an activating group) is 1. The Hall–Kier alpha value is -2.12. The van der Waals surface area contributed by atoms with Crippen molar-refractivity contribution in [1.29, 1.82) is 0 Å². The molecule has 1 aromatic carbocycles. The molecule has 0 aliphatic rings. The molecule has 0 radical (unpaired) electrons. The van der Waals surface area contributed by atoms with Gasteiger partial charge in [-0.15, -0.1) is 0 Å². The minimum Gasteiger partial charge on any atom is -0.478 e. The van der Waals surface area contributed by atoms with Gasteiger partial charge in [0.05, 0.1) is 31.4 Å². The van der Waals surface area contributed by atoms with E-state index in [2.05, 4.69) is 0 Å². The first-order valence-electron chi connectivity index (χ1n) is 6.51. The van der Waals surface area contributed by atoms with E-state index in [-0.39, 0.29) is 37.4 Å². The van der Waals surface area contributed by atoms with Crippen LogP contribution in [0.3, 0.4) is 0 Å². The number of aromatic carboxylic acids is 1. The lowest BCUT2D eigenvalue weighted by molar-refractivity contribution is 0.0697. The summed E-state index contributed by atoms with van der Waals surface area (Å²) in [5.41, 5.74) is 0.600. The van der Waals surface area contributed by atoms with Crippen LogP contribution >= 0.6 is 0 Å². The van der Waals surface area contributed by atoms with Gasteiger partial charge in [-0.2, -0.15) is 0 Å². The molecule has 1 atom stereocenters. The molecule has 0 bridgehead atoms. The number of carbonyl (C=O) groups is 2. The zero-order valence-electron chi connectivity index (χ0n) is 12.1. The van der Waals surface area contributed by atoms with Gasteiger partial charge in [0.25, 0.3) is 0 Å². The number of amides is 2. The van der Waals surface area contributed by atoms with Gasteiger partial charge >= 0.3 is 12.0 Å². The van der Waals surface area contributed by atoms with Crippen molar-refractivity contribution in [2.45, 2.75) is 13.0 Å². The third-order valence-electron chi connectivity index (χ3n) is 3.21. The lowest BCUT2D eigenvalue weighted by Crippen LogP contribution is -2.47. The highest BCUT2D eigenvalue weighted by atomic mass is 16.4. The summed E-state index contributed by atoms with van der Waals surface area (Å²) in [6.07, 6.45) is 0. The predicted octanol–water partition coefficient (Wildman–Crippen LogP) is 0.616. The van der Waals surface area contributed by atoms with Crippen molar-refractivity contribution in [3.05, 3.63) is 29.8 Å². The summed E-state index contributed by atoms with van der Waals surface area (Å²) in [6, 6.07) is 5.06. The number of rotatable bonds is 6. The van der Waals surface area contributed by atoms with Gasteiger partial charge in [-0.1, -0.05) is 0 Å². The Bertz CT molecular complexity index is 489. The zero-order chi connectivity index (χ0) is 16.0. The van der Waals surface area contributed by atoms with Crippen LogP contribution in [0.5, 0.6) is 0 Å². The van der Waals surface area contributed by atoms with E-state index in [1.165, 1.54) is 34.1 Å². The minimum absolute atomic E-state index is 0.0771. The fraction of sp³-hybridized carbons (Fsp3) is 0.429. The smallest absolute Gasteiger partial charge is 0.335 e.